The lowest BCUT2D eigenvalue weighted by molar-refractivity contribution is -0.143. The zero-order chi connectivity index (χ0) is 20.8. The Morgan fingerprint density at radius 3 is 2.93 bits per heavy atom. The number of nitrogen functional groups attached to an aromatic ring is 1. The second-order valence-electron chi connectivity index (χ2n) is 6.09. The topological polar surface area (TPSA) is 136 Å². The maximum Gasteiger partial charge on any atom is 0.305 e. The van der Waals surface area contributed by atoms with Gasteiger partial charge in [0.15, 0.2) is 5.82 Å². The molecule has 0 aliphatic rings. The summed E-state index contributed by atoms with van der Waals surface area (Å²) in [6.07, 6.45) is 4.31. The largest absolute Gasteiger partial charge is 0.494 e. The zero-order valence-corrected chi connectivity index (χ0v) is 17.0. The summed E-state index contributed by atoms with van der Waals surface area (Å²) >= 11 is 1.47. The molecule has 0 bridgehead atoms. The highest BCUT2D eigenvalue weighted by atomic mass is 32.1. The number of carbonyl (C=O) groups excluding carboxylic acids is 1. The van der Waals surface area contributed by atoms with Crippen molar-refractivity contribution in [2.45, 2.75) is 26.2 Å². The molecule has 0 saturated heterocycles. The number of nitrogens with zero attached hydrogens (tertiary/aromatic N) is 3. The van der Waals surface area contributed by atoms with Crippen LogP contribution in [-0.2, 0) is 16.0 Å². The molecule has 3 aromatic rings. The van der Waals surface area contributed by atoms with Gasteiger partial charge >= 0.3 is 5.97 Å². The highest BCUT2D eigenvalue weighted by molar-refractivity contribution is 7.18. The minimum atomic E-state index is -0.201. The summed E-state index contributed by atoms with van der Waals surface area (Å²) in [5.74, 6) is 0.861. The van der Waals surface area contributed by atoms with Gasteiger partial charge in [-0.15, -0.1) is 0 Å². The van der Waals surface area contributed by atoms with E-state index in [4.69, 9.17) is 20.6 Å². The molecule has 0 fully saturated rings. The van der Waals surface area contributed by atoms with E-state index in [9.17, 15) is 4.79 Å². The van der Waals surface area contributed by atoms with E-state index in [1.807, 2.05) is 0 Å². The minimum absolute atomic E-state index is 0.201. The van der Waals surface area contributed by atoms with Crippen molar-refractivity contribution < 1.29 is 14.3 Å². The maximum atomic E-state index is 11.5. The smallest absolute Gasteiger partial charge is 0.305 e. The van der Waals surface area contributed by atoms with Gasteiger partial charge in [-0.2, -0.15) is 0 Å². The number of fused-ring (bicyclic) bond motifs is 1. The Kier molecular flexibility index (Phi) is 6.55. The number of nitrogens with one attached hydrogen (secondary N) is 2. The summed E-state index contributed by atoms with van der Waals surface area (Å²) < 4.78 is 10.3. The average Bonchev–Trinajstić information content (AvgIpc) is 3.13. The highest BCUT2D eigenvalue weighted by Gasteiger charge is 2.14. The first-order valence-corrected chi connectivity index (χ1v) is 9.88. The Hall–Kier alpha value is -3.27. The molecule has 0 amide bonds. The number of ether oxygens (including phenoxy) is 2. The molecule has 0 atom stereocenters. The van der Waals surface area contributed by atoms with Crippen molar-refractivity contribution in [1.82, 2.24) is 15.0 Å². The molecule has 0 saturated carbocycles. The van der Waals surface area contributed by atoms with Gasteiger partial charge in [0, 0.05) is 30.0 Å². The number of hydrogen-bond donors (Lipinski definition) is 3. The summed E-state index contributed by atoms with van der Waals surface area (Å²) in [6, 6.07) is 3.38. The summed E-state index contributed by atoms with van der Waals surface area (Å²) in [5.41, 5.74) is 8.20. The number of thiazole rings is 1. The van der Waals surface area contributed by atoms with Crippen molar-refractivity contribution in [3.63, 3.8) is 0 Å². The number of anilines is 3. The quantitative estimate of drug-likeness (QED) is 0.276. The predicted molar refractivity (Wildman–Crippen MR) is 113 cm³/mol. The van der Waals surface area contributed by atoms with Crippen LogP contribution >= 0.6 is 11.3 Å². The van der Waals surface area contributed by atoms with E-state index in [0.29, 0.717) is 59.9 Å². The number of rotatable bonds is 9. The number of hydrogen-bond acceptors (Lipinski definition) is 10. The third-order valence-electron chi connectivity index (χ3n) is 4.13. The molecule has 10 heteroatoms. The van der Waals surface area contributed by atoms with E-state index in [-0.39, 0.29) is 5.97 Å². The summed E-state index contributed by atoms with van der Waals surface area (Å²) in [4.78, 5) is 25.5. The van der Waals surface area contributed by atoms with Crippen LogP contribution in [0.3, 0.4) is 0 Å². The third kappa shape index (κ3) is 4.77. The first-order valence-electron chi connectivity index (χ1n) is 9.06. The third-order valence-corrected chi connectivity index (χ3v) is 5.15. The van der Waals surface area contributed by atoms with Gasteiger partial charge in [-0.1, -0.05) is 11.3 Å². The van der Waals surface area contributed by atoms with Crippen molar-refractivity contribution in [1.29, 1.82) is 5.41 Å². The van der Waals surface area contributed by atoms with Crippen LogP contribution in [0.25, 0.3) is 10.3 Å². The summed E-state index contributed by atoms with van der Waals surface area (Å²) in [5, 5.41) is 11.6. The van der Waals surface area contributed by atoms with Crippen LogP contribution in [0.1, 0.15) is 30.3 Å². The summed E-state index contributed by atoms with van der Waals surface area (Å²) in [6.45, 7) is 2.18. The Morgan fingerprint density at radius 1 is 1.38 bits per heavy atom. The minimum Gasteiger partial charge on any atom is -0.494 e. The number of methoxy groups -OCH3 is 1. The number of benzene rings is 1. The van der Waals surface area contributed by atoms with Crippen molar-refractivity contribution in [3.05, 3.63) is 29.0 Å². The molecule has 1 aromatic carbocycles. The monoisotopic (exact) mass is 414 g/mol. The number of esters is 1. The molecule has 9 nitrogen and oxygen atoms in total. The van der Waals surface area contributed by atoms with Gasteiger partial charge in [0.05, 0.1) is 24.4 Å². The average molecular weight is 414 g/mol. The van der Waals surface area contributed by atoms with E-state index in [2.05, 4.69) is 20.3 Å². The molecule has 0 aliphatic carbocycles. The van der Waals surface area contributed by atoms with Gasteiger partial charge < -0.3 is 25.9 Å². The molecule has 0 spiro atoms. The van der Waals surface area contributed by atoms with Crippen molar-refractivity contribution >= 4 is 51.1 Å². The molecule has 4 N–H and O–H groups in total. The second kappa shape index (κ2) is 9.28. The lowest BCUT2D eigenvalue weighted by Crippen LogP contribution is -2.04. The Labute approximate surface area is 171 Å². The van der Waals surface area contributed by atoms with Crippen LogP contribution in [0.4, 0.5) is 17.2 Å². The van der Waals surface area contributed by atoms with Gasteiger partial charge in [0.1, 0.15) is 22.4 Å². The van der Waals surface area contributed by atoms with E-state index in [1.54, 1.807) is 26.2 Å². The molecule has 2 heterocycles. The van der Waals surface area contributed by atoms with E-state index in [0.717, 1.165) is 9.84 Å². The van der Waals surface area contributed by atoms with E-state index >= 15 is 0 Å². The van der Waals surface area contributed by atoms with E-state index < -0.39 is 0 Å². The first-order chi connectivity index (χ1) is 14.0. The molecule has 0 radical (unpaired) electrons. The fraction of sp³-hybridized carbons (Fsp3) is 0.316. The van der Waals surface area contributed by atoms with E-state index in [1.165, 1.54) is 23.9 Å². The molecule has 29 heavy (non-hydrogen) atoms. The van der Waals surface area contributed by atoms with Crippen LogP contribution in [0.15, 0.2) is 18.5 Å². The van der Waals surface area contributed by atoms with Crippen LogP contribution in [0.5, 0.6) is 5.75 Å². The number of carbonyl (C=O) groups is 1. The Balaban J connectivity index is 1.83. The lowest BCUT2D eigenvalue weighted by Gasteiger charge is -2.13. The molecule has 0 unspecified atom stereocenters. The van der Waals surface area contributed by atoms with Crippen molar-refractivity contribution in [2.24, 2.45) is 0 Å². The Morgan fingerprint density at radius 2 is 2.21 bits per heavy atom. The zero-order valence-electron chi connectivity index (χ0n) is 16.2. The first kappa shape index (κ1) is 20.5. The van der Waals surface area contributed by atoms with Gasteiger partial charge in [0.25, 0.3) is 0 Å². The molecular formula is C19H22N6O3S. The molecule has 3 rings (SSSR count). The predicted octanol–water partition coefficient (Wildman–Crippen LogP) is 3.30. The molecule has 0 aliphatic heterocycles. The number of aryl methyl sites for hydroxylation is 1. The summed E-state index contributed by atoms with van der Waals surface area (Å²) in [7, 11) is 1.55. The Bertz CT molecular complexity index is 1040. The fourth-order valence-electron chi connectivity index (χ4n) is 2.74. The highest BCUT2D eigenvalue weighted by Crippen LogP contribution is 2.34. The van der Waals surface area contributed by atoms with Crippen LogP contribution < -0.4 is 15.8 Å². The molecule has 152 valence electrons. The van der Waals surface area contributed by atoms with Gasteiger partial charge in [-0.25, -0.2) is 15.0 Å². The lowest BCUT2D eigenvalue weighted by atomic mass is 10.1. The van der Waals surface area contributed by atoms with Crippen LogP contribution in [-0.4, -0.2) is 40.9 Å². The van der Waals surface area contributed by atoms with Gasteiger partial charge in [-0.05, 0) is 25.8 Å². The number of aromatic nitrogens is 3. The van der Waals surface area contributed by atoms with Gasteiger partial charge in [-0.3, -0.25) is 4.79 Å². The van der Waals surface area contributed by atoms with Crippen LogP contribution in [0, 0.1) is 5.41 Å². The van der Waals surface area contributed by atoms with Crippen molar-refractivity contribution in [2.75, 3.05) is 24.8 Å². The van der Waals surface area contributed by atoms with Gasteiger partial charge in [0.2, 0.25) is 0 Å². The fourth-order valence-corrected chi connectivity index (χ4v) is 3.69. The second-order valence-corrected chi connectivity index (χ2v) is 7.16. The number of nitrogens with two attached hydrogens (primary N) is 1. The standard InChI is InChI=1S/C19H22N6O3S/c1-3-28-16(26)6-4-5-15-25-17-18(22-10-23-19(17)29-15)24-13-7-11(9-20)12(21)8-14(13)27-2/h7-10,20H,3-6,21H2,1-2H3,(H,22,23,24). The van der Waals surface area contributed by atoms with Crippen molar-refractivity contribution in [3.8, 4) is 5.75 Å². The maximum absolute atomic E-state index is 11.5. The molecular weight excluding hydrogens is 392 g/mol. The molecule has 2 aromatic heterocycles. The van der Waals surface area contributed by atoms with Crippen LogP contribution in [0.2, 0.25) is 0 Å². The SMILES string of the molecule is CCOC(=O)CCCc1nc2c(Nc3cc(C=N)c(N)cc3OC)ncnc2s1. The normalized spacial score (nSPS) is 10.7.